The average Bonchev–Trinajstić information content (AvgIpc) is 2.29. The van der Waals surface area contributed by atoms with E-state index >= 15 is 0 Å². The van der Waals surface area contributed by atoms with Crippen molar-refractivity contribution in [1.29, 1.82) is 0 Å². The minimum Gasteiger partial charge on any atom is -0.393 e. The second kappa shape index (κ2) is 1.27. The average molecular weight is 112 g/mol. The molecule has 2 aliphatic rings. The van der Waals surface area contributed by atoms with Crippen LogP contribution in [0.25, 0.3) is 0 Å². The van der Waals surface area contributed by atoms with Crippen LogP contribution >= 0.6 is 0 Å². The van der Waals surface area contributed by atoms with Crippen molar-refractivity contribution in [3.63, 3.8) is 0 Å². The zero-order valence-corrected chi connectivity index (χ0v) is 5.17. The largest absolute Gasteiger partial charge is 0.393 e. The first-order valence-electron chi connectivity index (χ1n) is 3.47. The van der Waals surface area contributed by atoms with E-state index in [0.717, 1.165) is 30.6 Å². The fourth-order valence-electron chi connectivity index (χ4n) is 2.14. The van der Waals surface area contributed by atoms with Crippen LogP contribution in [-0.2, 0) is 0 Å². The summed E-state index contributed by atoms with van der Waals surface area (Å²) >= 11 is 0. The molecule has 46 valence electrons. The van der Waals surface area contributed by atoms with Gasteiger partial charge in [0.1, 0.15) is 0 Å². The molecule has 1 N–H and O–H groups in total. The summed E-state index contributed by atoms with van der Waals surface area (Å²) in [5, 5.41) is 9.05. The molecule has 1 heteroatoms. The number of rotatable bonds is 0. The minimum absolute atomic E-state index is 0.0567. The van der Waals surface area contributed by atoms with Gasteiger partial charge in [-0.05, 0) is 30.6 Å². The van der Waals surface area contributed by atoms with Gasteiger partial charge < -0.3 is 5.11 Å². The lowest BCUT2D eigenvalue weighted by Crippen LogP contribution is -2.03. The van der Waals surface area contributed by atoms with Gasteiger partial charge in [0.25, 0.3) is 0 Å². The summed E-state index contributed by atoms with van der Waals surface area (Å²) in [5.74, 6) is 2.76. The first-order chi connectivity index (χ1) is 3.79. The van der Waals surface area contributed by atoms with Crippen LogP contribution < -0.4 is 0 Å². The van der Waals surface area contributed by atoms with Crippen molar-refractivity contribution in [3.05, 3.63) is 0 Å². The molecule has 0 aromatic carbocycles. The van der Waals surface area contributed by atoms with E-state index in [2.05, 4.69) is 6.92 Å². The topological polar surface area (TPSA) is 20.2 Å². The van der Waals surface area contributed by atoms with E-state index in [1.54, 1.807) is 0 Å². The second-order valence-corrected chi connectivity index (χ2v) is 3.31. The molecule has 0 heterocycles. The summed E-state index contributed by atoms with van der Waals surface area (Å²) in [6.07, 6.45) is 2.23. The maximum Gasteiger partial charge on any atom is 0.0546 e. The molecular formula is C7H12O. The van der Waals surface area contributed by atoms with Gasteiger partial charge in [0, 0.05) is 0 Å². The van der Waals surface area contributed by atoms with Crippen LogP contribution in [0.4, 0.5) is 0 Å². The molecule has 4 atom stereocenters. The monoisotopic (exact) mass is 112 g/mol. The van der Waals surface area contributed by atoms with Crippen molar-refractivity contribution in [3.8, 4) is 0 Å². The van der Waals surface area contributed by atoms with Crippen molar-refractivity contribution >= 4 is 0 Å². The zero-order chi connectivity index (χ0) is 5.72. The second-order valence-electron chi connectivity index (χ2n) is 3.31. The van der Waals surface area contributed by atoms with Crippen LogP contribution in [-0.4, -0.2) is 11.2 Å². The van der Waals surface area contributed by atoms with Gasteiger partial charge in [-0.2, -0.15) is 0 Å². The molecule has 2 saturated carbocycles. The highest BCUT2D eigenvalue weighted by Crippen LogP contribution is 2.56. The van der Waals surface area contributed by atoms with Gasteiger partial charge in [0.05, 0.1) is 6.10 Å². The molecule has 2 rings (SSSR count). The molecule has 1 nitrogen and oxygen atoms in total. The SMILES string of the molecule is C[C@H]1[C@H]2CC(O)C[C@@H]12. The molecule has 0 bridgehead atoms. The first-order valence-corrected chi connectivity index (χ1v) is 3.47. The molecule has 0 spiro atoms. The van der Waals surface area contributed by atoms with Crippen molar-refractivity contribution in [2.75, 3.05) is 0 Å². The van der Waals surface area contributed by atoms with Crippen LogP contribution in [0.1, 0.15) is 19.8 Å². The summed E-state index contributed by atoms with van der Waals surface area (Å²) in [7, 11) is 0. The number of aliphatic hydroxyl groups excluding tert-OH is 1. The minimum atomic E-state index is 0.0567. The van der Waals surface area contributed by atoms with E-state index in [-0.39, 0.29) is 6.10 Å². The summed E-state index contributed by atoms with van der Waals surface area (Å²) in [5.41, 5.74) is 0. The Morgan fingerprint density at radius 1 is 1.25 bits per heavy atom. The first kappa shape index (κ1) is 4.80. The predicted octanol–water partition coefficient (Wildman–Crippen LogP) is 1.02. The van der Waals surface area contributed by atoms with E-state index in [1.807, 2.05) is 0 Å². The third-order valence-electron chi connectivity index (χ3n) is 2.85. The van der Waals surface area contributed by atoms with Gasteiger partial charge in [-0.1, -0.05) is 6.92 Å². The lowest BCUT2D eigenvalue weighted by Gasteiger charge is -2.02. The van der Waals surface area contributed by atoms with E-state index < -0.39 is 0 Å². The maximum atomic E-state index is 9.05. The molecule has 0 radical (unpaired) electrons. The normalized spacial score (nSPS) is 60.8. The molecule has 8 heavy (non-hydrogen) atoms. The van der Waals surface area contributed by atoms with E-state index in [4.69, 9.17) is 5.11 Å². The molecule has 2 aliphatic carbocycles. The van der Waals surface area contributed by atoms with Gasteiger partial charge in [0.15, 0.2) is 0 Å². The third-order valence-corrected chi connectivity index (χ3v) is 2.85. The zero-order valence-electron chi connectivity index (χ0n) is 5.17. The van der Waals surface area contributed by atoms with Crippen LogP contribution in [0.5, 0.6) is 0 Å². The molecule has 0 aliphatic heterocycles. The summed E-state index contributed by atoms with van der Waals surface area (Å²) in [6.45, 7) is 2.29. The fraction of sp³-hybridized carbons (Fsp3) is 1.00. The Bertz CT molecular complexity index is 99.0. The molecular weight excluding hydrogens is 100 g/mol. The lowest BCUT2D eigenvalue weighted by atomic mass is 10.1. The highest BCUT2D eigenvalue weighted by molar-refractivity contribution is 5.01. The van der Waals surface area contributed by atoms with Crippen molar-refractivity contribution in [2.45, 2.75) is 25.9 Å². The third kappa shape index (κ3) is 0.455. The van der Waals surface area contributed by atoms with Gasteiger partial charge in [-0.15, -0.1) is 0 Å². The van der Waals surface area contributed by atoms with Crippen LogP contribution in [0.3, 0.4) is 0 Å². The fourth-order valence-corrected chi connectivity index (χ4v) is 2.14. The maximum absolute atomic E-state index is 9.05. The molecule has 0 saturated heterocycles. The Kier molecular flexibility index (Phi) is 0.762. The molecule has 2 fully saturated rings. The smallest absolute Gasteiger partial charge is 0.0546 e. The highest BCUT2D eigenvalue weighted by Gasteiger charge is 2.52. The Balaban J connectivity index is 2.00. The summed E-state index contributed by atoms with van der Waals surface area (Å²) < 4.78 is 0. The Hall–Kier alpha value is -0.0400. The summed E-state index contributed by atoms with van der Waals surface area (Å²) in [6, 6.07) is 0. The molecule has 1 unspecified atom stereocenters. The van der Waals surface area contributed by atoms with Crippen molar-refractivity contribution in [2.24, 2.45) is 17.8 Å². The van der Waals surface area contributed by atoms with Crippen LogP contribution in [0, 0.1) is 17.8 Å². The van der Waals surface area contributed by atoms with Crippen LogP contribution in [0.15, 0.2) is 0 Å². The number of hydrogen-bond acceptors (Lipinski definition) is 1. The highest BCUT2D eigenvalue weighted by atomic mass is 16.3. The van der Waals surface area contributed by atoms with Crippen molar-refractivity contribution < 1.29 is 5.11 Å². The number of aliphatic hydroxyl groups is 1. The lowest BCUT2D eigenvalue weighted by molar-refractivity contribution is 0.162. The Morgan fingerprint density at radius 2 is 1.75 bits per heavy atom. The molecule has 0 aromatic heterocycles. The van der Waals surface area contributed by atoms with E-state index in [9.17, 15) is 0 Å². The number of hydrogen-bond donors (Lipinski definition) is 1. The van der Waals surface area contributed by atoms with E-state index in [1.165, 1.54) is 0 Å². The Morgan fingerprint density at radius 3 is 2.12 bits per heavy atom. The quantitative estimate of drug-likeness (QED) is 0.496. The van der Waals surface area contributed by atoms with Gasteiger partial charge in [-0.25, -0.2) is 0 Å². The predicted molar refractivity (Wildman–Crippen MR) is 31.4 cm³/mol. The van der Waals surface area contributed by atoms with Gasteiger partial charge >= 0.3 is 0 Å². The van der Waals surface area contributed by atoms with Gasteiger partial charge in [0.2, 0.25) is 0 Å². The van der Waals surface area contributed by atoms with E-state index in [0.29, 0.717) is 0 Å². The van der Waals surface area contributed by atoms with Crippen LogP contribution in [0.2, 0.25) is 0 Å². The molecule has 0 aromatic rings. The van der Waals surface area contributed by atoms with Gasteiger partial charge in [-0.3, -0.25) is 0 Å². The van der Waals surface area contributed by atoms with Crippen molar-refractivity contribution in [1.82, 2.24) is 0 Å². The Labute approximate surface area is 49.7 Å². The number of fused-ring (bicyclic) bond motifs is 1. The standard InChI is InChI=1S/C7H12O/c1-4-6-2-5(8)3-7(4)6/h4-8H,2-3H2,1H3/t4-,5?,6+,7-. The molecule has 0 amide bonds. The summed E-state index contributed by atoms with van der Waals surface area (Å²) in [4.78, 5) is 0.